The summed E-state index contributed by atoms with van der Waals surface area (Å²) in [5.41, 5.74) is 0. The third kappa shape index (κ3) is 8.74. The van der Waals surface area contributed by atoms with Crippen molar-refractivity contribution in [3.8, 4) is 5.75 Å². The maximum Gasteiger partial charge on any atom is 0.408 e. The Morgan fingerprint density at radius 1 is 1.00 bits per heavy atom. The Kier molecular flexibility index (Phi) is 10.9. The summed E-state index contributed by atoms with van der Waals surface area (Å²) in [6.07, 6.45) is 5.17. The van der Waals surface area contributed by atoms with Gasteiger partial charge in [-0.25, -0.2) is 9.59 Å². The van der Waals surface area contributed by atoms with E-state index >= 15 is 0 Å². The third-order valence-corrected chi connectivity index (χ3v) is 4.29. The van der Waals surface area contributed by atoms with E-state index in [1.807, 2.05) is 30.3 Å². The quantitative estimate of drug-likeness (QED) is 0.469. The van der Waals surface area contributed by atoms with Crippen molar-refractivity contribution in [2.75, 3.05) is 13.2 Å². The van der Waals surface area contributed by atoms with E-state index < -0.39 is 18.1 Å². The molecule has 1 unspecified atom stereocenters. The average molecular weight is 365 g/mol. The van der Waals surface area contributed by atoms with Crippen LogP contribution in [0.15, 0.2) is 30.3 Å². The molecule has 0 aromatic heterocycles. The lowest BCUT2D eigenvalue weighted by Gasteiger charge is -2.26. The molecule has 6 nitrogen and oxygen atoms in total. The first-order valence-electron chi connectivity index (χ1n) is 9.46. The van der Waals surface area contributed by atoms with Gasteiger partial charge in [-0.05, 0) is 37.8 Å². The van der Waals surface area contributed by atoms with Gasteiger partial charge in [0.1, 0.15) is 11.8 Å². The summed E-state index contributed by atoms with van der Waals surface area (Å²) < 4.78 is 5.60. The van der Waals surface area contributed by atoms with Crippen LogP contribution in [0.5, 0.6) is 5.75 Å². The number of carbonyl (C=O) groups is 2. The van der Waals surface area contributed by atoms with Crippen molar-refractivity contribution >= 4 is 12.1 Å². The Morgan fingerprint density at radius 3 is 2.31 bits per heavy atom. The lowest BCUT2D eigenvalue weighted by atomic mass is 10.1. The zero-order chi connectivity index (χ0) is 19.2. The van der Waals surface area contributed by atoms with Crippen LogP contribution in [0.1, 0.15) is 58.3 Å². The molecule has 0 aliphatic heterocycles. The van der Waals surface area contributed by atoms with Gasteiger partial charge in [0.25, 0.3) is 0 Å². The van der Waals surface area contributed by atoms with Crippen molar-refractivity contribution < 1.29 is 24.5 Å². The molecule has 0 saturated carbocycles. The maximum atomic E-state index is 11.5. The second-order valence-electron chi connectivity index (χ2n) is 6.40. The van der Waals surface area contributed by atoms with Gasteiger partial charge >= 0.3 is 12.1 Å². The molecular weight excluding hydrogens is 334 g/mol. The number of amides is 1. The number of hydrogen-bond acceptors (Lipinski definition) is 3. The van der Waals surface area contributed by atoms with Gasteiger partial charge < -0.3 is 14.9 Å². The van der Waals surface area contributed by atoms with Crippen LogP contribution in [0.4, 0.5) is 4.79 Å². The summed E-state index contributed by atoms with van der Waals surface area (Å²) in [4.78, 5) is 24.0. The molecule has 6 heteroatoms. The number of ether oxygens (including phenoxy) is 1. The fourth-order valence-corrected chi connectivity index (χ4v) is 2.83. The fourth-order valence-electron chi connectivity index (χ4n) is 2.83. The maximum absolute atomic E-state index is 11.5. The third-order valence-electron chi connectivity index (χ3n) is 4.29. The molecule has 0 saturated heterocycles. The molecule has 1 atom stereocenters. The number of unbranched alkanes of at least 4 members (excludes halogenated alkanes) is 5. The summed E-state index contributed by atoms with van der Waals surface area (Å²) in [5, 5.41) is 18.8. The highest BCUT2D eigenvalue weighted by Gasteiger charge is 2.28. The Balaban J connectivity index is 2.33. The second-order valence-corrected chi connectivity index (χ2v) is 6.40. The smallest absolute Gasteiger partial charge is 0.408 e. The van der Waals surface area contributed by atoms with E-state index in [1.54, 1.807) is 0 Å². The van der Waals surface area contributed by atoms with E-state index in [0.29, 0.717) is 25.9 Å². The number of para-hydroxylation sites is 1. The summed E-state index contributed by atoms with van der Waals surface area (Å²) in [5.74, 6) is -0.247. The highest BCUT2D eigenvalue weighted by atomic mass is 16.5. The standard InChI is InChI=1S/C20H31NO5/c1-2-3-4-10-15-21(20(24)25)18(19(22)23)14-9-6-11-16-26-17-12-7-5-8-13-17/h5,7-8,12-13,18H,2-4,6,9-11,14-16H2,1H3,(H,22,23)(H,24,25). The molecule has 1 rings (SSSR count). The Labute approximate surface area is 155 Å². The second kappa shape index (κ2) is 13.0. The van der Waals surface area contributed by atoms with Crippen LogP contribution in [0.25, 0.3) is 0 Å². The summed E-state index contributed by atoms with van der Waals surface area (Å²) in [6.45, 7) is 2.93. The lowest BCUT2D eigenvalue weighted by molar-refractivity contribution is -0.143. The Morgan fingerprint density at radius 2 is 1.69 bits per heavy atom. The normalized spacial score (nSPS) is 11.7. The van der Waals surface area contributed by atoms with Gasteiger partial charge in [0.15, 0.2) is 0 Å². The molecule has 26 heavy (non-hydrogen) atoms. The van der Waals surface area contributed by atoms with Crippen LogP contribution in [-0.2, 0) is 4.79 Å². The van der Waals surface area contributed by atoms with Gasteiger partial charge in [-0.1, -0.05) is 50.8 Å². The molecular formula is C20H31NO5. The van der Waals surface area contributed by atoms with E-state index in [0.717, 1.165) is 42.8 Å². The van der Waals surface area contributed by atoms with E-state index in [9.17, 15) is 19.8 Å². The minimum absolute atomic E-state index is 0.281. The van der Waals surface area contributed by atoms with Gasteiger partial charge in [-0.3, -0.25) is 4.90 Å². The number of aliphatic carboxylic acids is 1. The molecule has 0 bridgehead atoms. The van der Waals surface area contributed by atoms with Crippen LogP contribution in [0.3, 0.4) is 0 Å². The van der Waals surface area contributed by atoms with Crippen molar-refractivity contribution in [2.24, 2.45) is 0 Å². The highest BCUT2D eigenvalue weighted by molar-refractivity contribution is 5.79. The fraction of sp³-hybridized carbons (Fsp3) is 0.600. The summed E-state index contributed by atoms with van der Waals surface area (Å²) in [6, 6.07) is 8.56. The SMILES string of the molecule is CCCCCCN(C(=O)O)C(CCCCCOc1ccccc1)C(=O)O. The Hall–Kier alpha value is -2.24. The number of rotatable bonds is 14. The molecule has 0 aliphatic carbocycles. The van der Waals surface area contributed by atoms with E-state index in [1.165, 1.54) is 0 Å². The molecule has 146 valence electrons. The van der Waals surface area contributed by atoms with Gasteiger partial charge in [0.05, 0.1) is 6.61 Å². The first-order chi connectivity index (χ1) is 12.6. The van der Waals surface area contributed by atoms with Crippen LogP contribution >= 0.6 is 0 Å². The predicted octanol–water partition coefficient (Wildman–Crippen LogP) is 4.64. The average Bonchev–Trinajstić information content (AvgIpc) is 2.62. The highest BCUT2D eigenvalue weighted by Crippen LogP contribution is 2.14. The van der Waals surface area contributed by atoms with Crippen LogP contribution in [0.2, 0.25) is 0 Å². The van der Waals surface area contributed by atoms with E-state index in [2.05, 4.69) is 6.92 Å². The minimum atomic E-state index is -1.15. The Bertz CT molecular complexity index is 520. The van der Waals surface area contributed by atoms with E-state index in [4.69, 9.17) is 4.74 Å². The number of carboxylic acids is 1. The molecule has 1 aromatic carbocycles. The zero-order valence-corrected chi connectivity index (χ0v) is 15.6. The largest absolute Gasteiger partial charge is 0.494 e. The van der Waals surface area contributed by atoms with Crippen LogP contribution in [0, 0.1) is 0 Å². The van der Waals surface area contributed by atoms with Crippen molar-refractivity contribution in [3.05, 3.63) is 30.3 Å². The topological polar surface area (TPSA) is 87.1 Å². The monoisotopic (exact) mass is 365 g/mol. The summed E-state index contributed by atoms with van der Waals surface area (Å²) in [7, 11) is 0. The molecule has 0 radical (unpaired) electrons. The molecule has 2 N–H and O–H groups in total. The molecule has 0 spiro atoms. The van der Waals surface area contributed by atoms with Crippen LogP contribution in [-0.4, -0.2) is 46.4 Å². The van der Waals surface area contributed by atoms with Gasteiger partial charge in [0, 0.05) is 6.54 Å². The van der Waals surface area contributed by atoms with E-state index in [-0.39, 0.29) is 6.54 Å². The van der Waals surface area contributed by atoms with Crippen molar-refractivity contribution in [3.63, 3.8) is 0 Å². The zero-order valence-electron chi connectivity index (χ0n) is 15.6. The number of hydrogen-bond donors (Lipinski definition) is 2. The lowest BCUT2D eigenvalue weighted by Crippen LogP contribution is -2.45. The molecule has 0 heterocycles. The van der Waals surface area contributed by atoms with Crippen molar-refractivity contribution in [1.29, 1.82) is 0 Å². The van der Waals surface area contributed by atoms with Gasteiger partial charge in [-0.15, -0.1) is 0 Å². The number of carboxylic acid groups (broad SMARTS) is 2. The predicted molar refractivity (Wildman–Crippen MR) is 101 cm³/mol. The molecule has 1 aromatic rings. The van der Waals surface area contributed by atoms with Crippen molar-refractivity contribution in [1.82, 2.24) is 4.90 Å². The number of nitrogens with zero attached hydrogens (tertiary/aromatic N) is 1. The molecule has 1 amide bonds. The first-order valence-corrected chi connectivity index (χ1v) is 9.46. The molecule has 0 aliphatic rings. The number of benzene rings is 1. The van der Waals surface area contributed by atoms with Crippen molar-refractivity contribution in [2.45, 2.75) is 64.3 Å². The van der Waals surface area contributed by atoms with Gasteiger partial charge in [-0.2, -0.15) is 0 Å². The molecule has 0 fully saturated rings. The van der Waals surface area contributed by atoms with Gasteiger partial charge in [0.2, 0.25) is 0 Å². The van der Waals surface area contributed by atoms with Crippen LogP contribution < -0.4 is 4.74 Å². The summed E-state index contributed by atoms with van der Waals surface area (Å²) >= 11 is 0. The first kappa shape index (κ1) is 21.8. The minimum Gasteiger partial charge on any atom is -0.494 e.